The topological polar surface area (TPSA) is 93.6 Å². The Labute approximate surface area is 93.5 Å². The van der Waals surface area contributed by atoms with Crippen molar-refractivity contribution in [3.05, 3.63) is 23.1 Å². The van der Waals surface area contributed by atoms with E-state index in [4.69, 9.17) is 8.97 Å². The molecule has 0 bridgehead atoms. The van der Waals surface area contributed by atoms with Crippen LogP contribution >= 0.6 is 0 Å². The van der Waals surface area contributed by atoms with E-state index in [0.717, 1.165) is 12.3 Å². The molecule has 1 aromatic heterocycles. The molecule has 0 aliphatic rings. The second-order valence-corrected chi connectivity index (χ2v) is 4.73. The van der Waals surface area contributed by atoms with Crippen molar-refractivity contribution < 1.29 is 22.1 Å². The molecule has 1 N–H and O–H groups in total. The van der Waals surface area contributed by atoms with Gasteiger partial charge in [0.05, 0.1) is 0 Å². The second-order valence-electron chi connectivity index (χ2n) is 3.38. The first-order chi connectivity index (χ1) is 7.34. The third-order valence-corrected chi connectivity index (χ3v) is 2.86. The summed E-state index contributed by atoms with van der Waals surface area (Å²) in [6.07, 6.45) is 1.80. The minimum absolute atomic E-state index is 0.0860. The highest BCUT2D eigenvalue weighted by Crippen LogP contribution is 2.12. The lowest BCUT2D eigenvalue weighted by Gasteiger charge is -2.08. The van der Waals surface area contributed by atoms with Gasteiger partial charge in [0.15, 0.2) is 11.8 Å². The predicted molar refractivity (Wildman–Crippen MR) is 57.1 cm³/mol. The summed E-state index contributed by atoms with van der Waals surface area (Å²) in [5.41, 5.74) is 0. The van der Waals surface area contributed by atoms with Gasteiger partial charge >= 0.3 is 10.1 Å². The quantitative estimate of drug-likeness (QED) is 0.284. The van der Waals surface area contributed by atoms with Crippen LogP contribution < -0.4 is 0 Å². The van der Waals surface area contributed by atoms with Crippen LogP contribution in [-0.4, -0.2) is 30.0 Å². The lowest BCUT2D eigenvalue weighted by molar-refractivity contribution is -0.492. The Morgan fingerprint density at radius 2 is 2.25 bits per heavy atom. The molecule has 0 aliphatic carbocycles. The van der Waals surface area contributed by atoms with Crippen LogP contribution in [0.25, 0.3) is 0 Å². The van der Waals surface area contributed by atoms with Gasteiger partial charge in [-0.05, 0) is 19.1 Å². The maximum atomic E-state index is 11.4. The zero-order valence-corrected chi connectivity index (χ0v) is 9.77. The maximum Gasteiger partial charge on any atom is 0.328 e. The van der Waals surface area contributed by atoms with E-state index in [-0.39, 0.29) is 11.8 Å². The van der Waals surface area contributed by atoms with Crippen molar-refractivity contribution >= 4 is 16.3 Å². The van der Waals surface area contributed by atoms with E-state index in [1.807, 2.05) is 6.92 Å². The smallest absolute Gasteiger partial charge is 0.328 e. The fourth-order valence-electron chi connectivity index (χ4n) is 0.975. The number of nitrogens with zero attached hydrogens (tertiary/aromatic N) is 1. The van der Waals surface area contributed by atoms with Crippen LogP contribution in [0.4, 0.5) is 0 Å². The molecule has 0 amide bonds. The van der Waals surface area contributed by atoms with Gasteiger partial charge in [-0.1, -0.05) is 6.92 Å². The van der Waals surface area contributed by atoms with Crippen LogP contribution in [0, 0.1) is 5.21 Å². The van der Waals surface area contributed by atoms with Crippen LogP contribution in [0.2, 0.25) is 0 Å². The van der Waals surface area contributed by atoms with Gasteiger partial charge in [-0.3, -0.25) is 4.55 Å². The lowest BCUT2D eigenvalue weighted by Crippen LogP contribution is -2.17. The van der Waals surface area contributed by atoms with E-state index in [0.29, 0.717) is 11.2 Å². The van der Waals surface area contributed by atoms with Crippen molar-refractivity contribution in [1.82, 2.24) is 0 Å². The van der Waals surface area contributed by atoms with Crippen molar-refractivity contribution in [2.24, 2.45) is 0 Å². The number of hydroxylamine groups is 1. The monoisotopic (exact) mass is 247 g/mol. The van der Waals surface area contributed by atoms with Gasteiger partial charge < -0.3 is 9.62 Å². The summed E-state index contributed by atoms with van der Waals surface area (Å²) in [7, 11) is -4.35. The number of rotatable bonds is 4. The third-order valence-electron chi connectivity index (χ3n) is 2.14. The van der Waals surface area contributed by atoms with Crippen LogP contribution in [0.5, 0.6) is 0 Å². The Hall–Kier alpha value is -1.34. The standard InChI is InChI=1S/C9H13NO5S/c1-3-7(2)10(11)6-8-4-5-9(15-8)16(12,13)14/h4-7H,3H2,1-2H3,(H,12,13,14). The first kappa shape index (κ1) is 12.7. The summed E-state index contributed by atoms with van der Waals surface area (Å²) in [5.74, 6) is 0.0860. The van der Waals surface area contributed by atoms with Gasteiger partial charge in [-0.15, -0.1) is 0 Å². The summed E-state index contributed by atoms with van der Waals surface area (Å²) in [5, 5.41) is 10.8. The molecule has 1 aromatic rings. The maximum absolute atomic E-state index is 11.4. The fraction of sp³-hybridized carbons (Fsp3) is 0.444. The van der Waals surface area contributed by atoms with Gasteiger partial charge in [0.25, 0.3) is 0 Å². The molecule has 1 heterocycles. The Kier molecular flexibility index (Phi) is 3.71. The molecule has 6 nitrogen and oxygen atoms in total. The van der Waals surface area contributed by atoms with Crippen molar-refractivity contribution in [2.75, 3.05) is 0 Å². The summed E-state index contributed by atoms with van der Waals surface area (Å²) < 4.78 is 35.5. The van der Waals surface area contributed by atoms with Gasteiger partial charge in [-0.2, -0.15) is 8.42 Å². The van der Waals surface area contributed by atoms with E-state index >= 15 is 0 Å². The minimum atomic E-state index is -4.35. The van der Waals surface area contributed by atoms with E-state index < -0.39 is 15.2 Å². The summed E-state index contributed by atoms with van der Waals surface area (Å²) >= 11 is 0. The number of hydrogen-bond acceptors (Lipinski definition) is 4. The molecule has 0 radical (unpaired) electrons. The SMILES string of the molecule is CCC(C)[N+]([O-])=Cc1ccc(S(=O)(=O)O)o1. The van der Waals surface area contributed by atoms with Gasteiger partial charge in [0, 0.05) is 6.42 Å². The molecule has 0 saturated carbocycles. The zero-order valence-electron chi connectivity index (χ0n) is 8.95. The van der Waals surface area contributed by atoms with E-state index in [1.54, 1.807) is 6.92 Å². The Morgan fingerprint density at radius 3 is 2.69 bits per heavy atom. The van der Waals surface area contributed by atoms with Crippen molar-refractivity contribution in [3.8, 4) is 0 Å². The molecule has 0 aliphatic heterocycles. The molecule has 0 fully saturated rings. The van der Waals surface area contributed by atoms with Gasteiger partial charge in [-0.25, -0.2) is 4.74 Å². The molecule has 0 saturated heterocycles. The minimum Gasteiger partial charge on any atom is -0.624 e. The molecule has 1 rings (SSSR count). The van der Waals surface area contributed by atoms with Crippen LogP contribution in [0.3, 0.4) is 0 Å². The van der Waals surface area contributed by atoms with E-state index in [9.17, 15) is 13.6 Å². The Bertz CT molecular complexity index is 488. The highest BCUT2D eigenvalue weighted by atomic mass is 32.2. The molecule has 1 unspecified atom stereocenters. The molecule has 0 aromatic carbocycles. The van der Waals surface area contributed by atoms with Crippen molar-refractivity contribution in [3.63, 3.8) is 0 Å². The van der Waals surface area contributed by atoms with Crippen LogP contribution in [0.15, 0.2) is 21.6 Å². The van der Waals surface area contributed by atoms with Crippen molar-refractivity contribution in [2.45, 2.75) is 31.4 Å². The second kappa shape index (κ2) is 4.67. The van der Waals surface area contributed by atoms with Gasteiger partial charge in [0.1, 0.15) is 0 Å². The van der Waals surface area contributed by atoms with E-state index in [2.05, 4.69) is 0 Å². The average molecular weight is 247 g/mol. The molecule has 16 heavy (non-hydrogen) atoms. The van der Waals surface area contributed by atoms with Gasteiger partial charge in [0.2, 0.25) is 11.3 Å². The van der Waals surface area contributed by atoms with Crippen molar-refractivity contribution in [1.29, 1.82) is 0 Å². The summed E-state index contributed by atoms with van der Waals surface area (Å²) in [6.45, 7) is 3.59. The average Bonchev–Trinajstić information content (AvgIpc) is 2.64. The van der Waals surface area contributed by atoms with E-state index in [1.165, 1.54) is 6.07 Å². The molecule has 7 heteroatoms. The van der Waals surface area contributed by atoms with Crippen LogP contribution in [-0.2, 0) is 10.1 Å². The first-order valence-corrected chi connectivity index (χ1v) is 6.16. The zero-order chi connectivity index (χ0) is 12.3. The molecular weight excluding hydrogens is 234 g/mol. The largest absolute Gasteiger partial charge is 0.624 e. The Balaban J connectivity index is 2.96. The summed E-state index contributed by atoms with van der Waals surface area (Å²) in [4.78, 5) is 0. The number of hydrogen-bond donors (Lipinski definition) is 1. The third kappa shape index (κ3) is 3.07. The normalized spacial score (nSPS) is 15.1. The first-order valence-electron chi connectivity index (χ1n) is 4.72. The molecular formula is C9H13NO5S. The summed E-state index contributed by atoms with van der Waals surface area (Å²) in [6, 6.07) is 2.17. The van der Waals surface area contributed by atoms with Crippen LogP contribution in [0.1, 0.15) is 26.0 Å². The lowest BCUT2D eigenvalue weighted by atomic mass is 10.3. The molecule has 1 atom stereocenters. The predicted octanol–water partition coefficient (Wildman–Crippen LogP) is 1.25. The number of furan rings is 1. The molecule has 90 valence electrons. The highest BCUT2D eigenvalue weighted by molar-refractivity contribution is 7.85. The Morgan fingerprint density at radius 1 is 1.62 bits per heavy atom. The highest BCUT2D eigenvalue weighted by Gasteiger charge is 2.15. The molecule has 0 spiro atoms. The fourth-order valence-corrected chi connectivity index (χ4v) is 1.42.